The highest BCUT2D eigenvalue weighted by atomic mass is 19.1. The predicted molar refractivity (Wildman–Crippen MR) is 86.9 cm³/mol. The minimum Gasteiger partial charge on any atom is -0.369 e. The molecule has 0 radical (unpaired) electrons. The molecular weight excluding hydrogens is 293 g/mol. The number of hydrogen-bond acceptors (Lipinski definition) is 4. The number of pyridine rings is 1. The average molecular weight is 311 g/mol. The van der Waals surface area contributed by atoms with Gasteiger partial charge >= 0.3 is 0 Å². The normalized spacial score (nSPS) is 18.5. The second kappa shape index (κ2) is 5.61. The third-order valence-electron chi connectivity index (χ3n) is 4.44. The highest BCUT2D eigenvalue weighted by molar-refractivity contribution is 5.92. The highest BCUT2D eigenvalue weighted by Crippen LogP contribution is 2.32. The smallest absolute Gasteiger partial charge is 0.149 e. The topological polar surface area (TPSA) is 46.8 Å². The number of fused-ring (bicyclic) bond motifs is 1. The van der Waals surface area contributed by atoms with Gasteiger partial charge in [-0.3, -0.25) is 0 Å². The molecule has 23 heavy (non-hydrogen) atoms. The van der Waals surface area contributed by atoms with Gasteiger partial charge in [-0.15, -0.1) is 0 Å². The van der Waals surface area contributed by atoms with Gasteiger partial charge in [-0.1, -0.05) is 12.1 Å². The van der Waals surface area contributed by atoms with Crippen LogP contribution in [0.1, 0.15) is 24.6 Å². The first-order valence-electron chi connectivity index (χ1n) is 7.87. The number of aromatic nitrogens is 4. The molecule has 4 rings (SSSR count). The Hall–Kier alpha value is -2.50. The Morgan fingerprint density at radius 1 is 1.30 bits per heavy atom. The van der Waals surface area contributed by atoms with Gasteiger partial charge in [0.25, 0.3) is 0 Å². The van der Waals surface area contributed by atoms with Crippen LogP contribution in [-0.4, -0.2) is 32.8 Å². The largest absolute Gasteiger partial charge is 0.369 e. The van der Waals surface area contributed by atoms with Crippen molar-refractivity contribution < 1.29 is 4.39 Å². The number of aryl methyl sites for hydroxylation is 1. The molecule has 1 atom stereocenters. The Balaban J connectivity index is 1.75. The number of benzene rings is 1. The lowest BCUT2D eigenvalue weighted by atomic mass is 10.0. The van der Waals surface area contributed by atoms with Crippen LogP contribution in [0, 0.1) is 12.7 Å². The molecule has 3 heterocycles. The first-order chi connectivity index (χ1) is 11.2. The molecule has 2 aromatic heterocycles. The average Bonchev–Trinajstić information content (AvgIpc) is 3.10. The molecule has 0 spiro atoms. The summed E-state index contributed by atoms with van der Waals surface area (Å²) in [6, 6.07) is 7.50. The van der Waals surface area contributed by atoms with Gasteiger partial charge < -0.3 is 4.90 Å². The summed E-state index contributed by atoms with van der Waals surface area (Å²) in [7, 11) is 0. The molecule has 1 aromatic carbocycles. The van der Waals surface area contributed by atoms with Crippen molar-refractivity contribution in [2.24, 2.45) is 0 Å². The van der Waals surface area contributed by atoms with Gasteiger partial charge in [0, 0.05) is 29.9 Å². The fourth-order valence-corrected chi connectivity index (χ4v) is 3.38. The van der Waals surface area contributed by atoms with Crippen LogP contribution in [0.4, 0.5) is 10.1 Å². The zero-order valence-corrected chi connectivity index (χ0v) is 13.0. The van der Waals surface area contributed by atoms with Gasteiger partial charge in [0.1, 0.15) is 24.0 Å². The maximum atomic E-state index is 14.1. The molecule has 1 aliphatic rings. The van der Waals surface area contributed by atoms with E-state index in [2.05, 4.69) is 20.0 Å². The molecule has 0 aliphatic carbocycles. The molecule has 1 aliphatic heterocycles. The minimum absolute atomic E-state index is 0.266. The van der Waals surface area contributed by atoms with Crippen molar-refractivity contribution in [3.05, 3.63) is 48.4 Å². The van der Waals surface area contributed by atoms with Gasteiger partial charge in [0.05, 0.1) is 6.04 Å². The van der Waals surface area contributed by atoms with E-state index in [0.717, 1.165) is 42.7 Å². The lowest BCUT2D eigenvalue weighted by Gasteiger charge is -2.35. The summed E-state index contributed by atoms with van der Waals surface area (Å²) >= 11 is 0. The maximum absolute atomic E-state index is 14.1. The van der Waals surface area contributed by atoms with E-state index < -0.39 is 0 Å². The van der Waals surface area contributed by atoms with Crippen molar-refractivity contribution in [3.8, 4) is 0 Å². The lowest BCUT2D eigenvalue weighted by Crippen LogP contribution is -2.37. The SMILES string of the molecule is Cc1cc(N2CCCC(n3cncn3)C2)c2cccc(F)c2n1. The van der Waals surface area contributed by atoms with Gasteiger partial charge in [-0.25, -0.2) is 19.0 Å². The maximum Gasteiger partial charge on any atom is 0.149 e. The second-order valence-corrected chi connectivity index (χ2v) is 6.04. The summed E-state index contributed by atoms with van der Waals surface area (Å²) in [5.74, 6) is -0.266. The Labute approximate surface area is 133 Å². The van der Waals surface area contributed by atoms with Gasteiger partial charge in [-0.2, -0.15) is 5.10 Å². The van der Waals surface area contributed by atoms with Crippen molar-refractivity contribution in [2.75, 3.05) is 18.0 Å². The summed E-state index contributed by atoms with van der Waals surface area (Å²) in [6.45, 7) is 3.72. The van der Waals surface area contributed by atoms with Crippen LogP contribution in [0.15, 0.2) is 36.9 Å². The minimum atomic E-state index is -0.266. The predicted octanol–water partition coefficient (Wildman–Crippen LogP) is 3.12. The van der Waals surface area contributed by atoms with Crippen LogP contribution in [0.5, 0.6) is 0 Å². The number of para-hydroxylation sites is 1. The number of halogens is 1. The number of nitrogens with zero attached hydrogens (tertiary/aromatic N) is 5. The molecule has 1 unspecified atom stereocenters. The van der Waals surface area contributed by atoms with E-state index in [9.17, 15) is 4.39 Å². The van der Waals surface area contributed by atoms with Crippen LogP contribution in [0.2, 0.25) is 0 Å². The quantitative estimate of drug-likeness (QED) is 0.729. The molecular formula is C17H18FN5. The zero-order valence-electron chi connectivity index (χ0n) is 13.0. The Kier molecular flexibility index (Phi) is 3.44. The monoisotopic (exact) mass is 311 g/mol. The fraction of sp³-hybridized carbons (Fsp3) is 0.353. The van der Waals surface area contributed by atoms with Crippen molar-refractivity contribution in [2.45, 2.75) is 25.8 Å². The van der Waals surface area contributed by atoms with E-state index >= 15 is 0 Å². The van der Waals surface area contributed by atoms with Crippen molar-refractivity contribution in [3.63, 3.8) is 0 Å². The standard InChI is InChI=1S/C17H18FN5/c1-12-8-16(14-5-2-6-15(18)17(14)21-12)22-7-3-4-13(9-22)23-11-19-10-20-23/h2,5-6,8,10-11,13H,3-4,7,9H2,1H3. The molecule has 0 saturated carbocycles. The van der Waals surface area contributed by atoms with Gasteiger partial charge in [0.15, 0.2) is 0 Å². The van der Waals surface area contributed by atoms with E-state index in [1.54, 1.807) is 18.7 Å². The van der Waals surface area contributed by atoms with Crippen LogP contribution >= 0.6 is 0 Å². The summed E-state index contributed by atoms with van der Waals surface area (Å²) in [4.78, 5) is 10.7. The van der Waals surface area contributed by atoms with Crippen molar-refractivity contribution in [1.29, 1.82) is 0 Å². The van der Waals surface area contributed by atoms with E-state index in [4.69, 9.17) is 0 Å². The summed E-state index contributed by atoms with van der Waals surface area (Å²) < 4.78 is 16.0. The van der Waals surface area contributed by atoms with Gasteiger partial charge in [0.2, 0.25) is 0 Å². The van der Waals surface area contributed by atoms with Gasteiger partial charge in [-0.05, 0) is 31.9 Å². The van der Waals surface area contributed by atoms with E-state index in [1.165, 1.54) is 6.07 Å². The fourth-order valence-electron chi connectivity index (χ4n) is 3.38. The zero-order chi connectivity index (χ0) is 15.8. The van der Waals surface area contributed by atoms with Crippen molar-refractivity contribution >= 4 is 16.6 Å². The molecule has 0 N–H and O–H groups in total. The highest BCUT2D eigenvalue weighted by Gasteiger charge is 2.24. The molecule has 0 amide bonds. The number of piperidine rings is 1. The molecule has 6 heteroatoms. The molecule has 118 valence electrons. The molecule has 1 fully saturated rings. The second-order valence-electron chi connectivity index (χ2n) is 6.04. The summed E-state index contributed by atoms with van der Waals surface area (Å²) in [5, 5.41) is 5.14. The van der Waals surface area contributed by atoms with Crippen molar-refractivity contribution in [1.82, 2.24) is 19.7 Å². The summed E-state index contributed by atoms with van der Waals surface area (Å²) in [5.41, 5.74) is 2.34. The molecule has 1 saturated heterocycles. The number of anilines is 1. The molecule has 5 nitrogen and oxygen atoms in total. The number of hydrogen-bond donors (Lipinski definition) is 0. The first-order valence-corrected chi connectivity index (χ1v) is 7.87. The molecule has 3 aromatic rings. The number of rotatable bonds is 2. The third kappa shape index (κ3) is 2.54. The van der Waals surface area contributed by atoms with Crippen LogP contribution in [-0.2, 0) is 0 Å². The molecule has 0 bridgehead atoms. The van der Waals surface area contributed by atoms with Crippen LogP contribution in [0.25, 0.3) is 10.9 Å². The van der Waals surface area contributed by atoms with Crippen LogP contribution < -0.4 is 4.90 Å². The van der Waals surface area contributed by atoms with Crippen LogP contribution in [0.3, 0.4) is 0 Å². The Bertz CT molecular complexity index is 830. The van der Waals surface area contributed by atoms with E-state index in [0.29, 0.717) is 11.6 Å². The Morgan fingerprint density at radius 2 is 2.22 bits per heavy atom. The van der Waals surface area contributed by atoms with E-state index in [-0.39, 0.29) is 5.82 Å². The van der Waals surface area contributed by atoms with E-state index in [1.807, 2.05) is 23.7 Å². The first kappa shape index (κ1) is 14.1. The Morgan fingerprint density at radius 3 is 3.04 bits per heavy atom. The lowest BCUT2D eigenvalue weighted by molar-refractivity contribution is 0.375. The third-order valence-corrected chi connectivity index (χ3v) is 4.44. The summed E-state index contributed by atoms with van der Waals surface area (Å²) in [6.07, 6.45) is 5.49.